The van der Waals surface area contributed by atoms with E-state index in [0.717, 1.165) is 34.3 Å². The summed E-state index contributed by atoms with van der Waals surface area (Å²) in [6, 6.07) is 20.9. The minimum Gasteiger partial charge on any atom is -0.337 e. The Morgan fingerprint density at radius 3 is 2.52 bits per heavy atom. The fourth-order valence-corrected chi connectivity index (χ4v) is 4.36. The van der Waals surface area contributed by atoms with Crippen LogP contribution in [0.15, 0.2) is 85.5 Å². The number of hydrogen-bond acceptors (Lipinski definition) is 5. The van der Waals surface area contributed by atoms with Crippen LogP contribution in [-0.4, -0.2) is 33.3 Å². The summed E-state index contributed by atoms with van der Waals surface area (Å²) >= 11 is 0. The Balaban J connectivity index is 0.000000215. The maximum atomic E-state index is 9.95. The number of fused-ring (bicyclic) bond motifs is 4. The van der Waals surface area contributed by atoms with Crippen molar-refractivity contribution in [1.82, 2.24) is 25.3 Å². The van der Waals surface area contributed by atoms with Crippen molar-refractivity contribution in [3.8, 4) is 22.5 Å². The van der Waals surface area contributed by atoms with Crippen LogP contribution in [0.5, 0.6) is 0 Å². The van der Waals surface area contributed by atoms with Crippen LogP contribution in [0, 0.1) is 0 Å². The second-order valence-electron chi connectivity index (χ2n) is 7.79. The molecule has 2 N–H and O–H groups in total. The number of nitrogens with one attached hydrogen (secondary N) is 2. The molecule has 0 radical (unpaired) electrons. The van der Waals surface area contributed by atoms with Crippen molar-refractivity contribution in [3.63, 3.8) is 0 Å². The smallest absolute Gasteiger partial charge is 0.139 e. The maximum absolute atomic E-state index is 9.95. The molecule has 0 amide bonds. The predicted octanol–water partition coefficient (Wildman–Crippen LogP) is 4.74. The van der Waals surface area contributed by atoms with Gasteiger partial charge in [-0.1, -0.05) is 48.5 Å². The predicted molar refractivity (Wildman–Crippen MR) is 130 cm³/mol. The second-order valence-corrected chi connectivity index (χ2v) is 7.79. The lowest BCUT2D eigenvalue weighted by atomic mass is 9.99. The highest BCUT2D eigenvalue weighted by atomic mass is 16.1. The summed E-state index contributed by atoms with van der Waals surface area (Å²) in [5.41, 5.74) is 9.16. The number of pyridine rings is 2. The van der Waals surface area contributed by atoms with E-state index in [4.69, 9.17) is 4.98 Å². The van der Waals surface area contributed by atoms with E-state index >= 15 is 0 Å². The summed E-state index contributed by atoms with van der Waals surface area (Å²) < 4.78 is 0. The SMILES string of the molecule is CNC1c2ccccc2-c2c(-c3nc4ccncc4[nH]3)cccc21.O=CCc1cccnc1. The first-order chi connectivity index (χ1) is 16.3. The summed E-state index contributed by atoms with van der Waals surface area (Å²) in [6.45, 7) is 0. The molecule has 3 aromatic heterocycles. The Morgan fingerprint density at radius 1 is 0.909 bits per heavy atom. The fourth-order valence-electron chi connectivity index (χ4n) is 4.36. The molecule has 0 saturated heterocycles. The summed E-state index contributed by atoms with van der Waals surface area (Å²) in [6.07, 6.45) is 8.31. The molecule has 1 aliphatic rings. The zero-order valence-electron chi connectivity index (χ0n) is 18.2. The molecule has 0 bridgehead atoms. The number of benzene rings is 2. The van der Waals surface area contributed by atoms with Crippen LogP contribution < -0.4 is 5.32 Å². The minimum atomic E-state index is 0.224. The van der Waals surface area contributed by atoms with Crippen LogP contribution in [0.2, 0.25) is 0 Å². The van der Waals surface area contributed by atoms with Crippen LogP contribution in [0.3, 0.4) is 0 Å². The molecule has 1 unspecified atom stereocenters. The topological polar surface area (TPSA) is 83.6 Å². The van der Waals surface area contributed by atoms with Gasteiger partial charge in [-0.05, 0) is 47.0 Å². The van der Waals surface area contributed by atoms with Crippen LogP contribution in [0.25, 0.3) is 33.5 Å². The monoisotopic (exact) mass is 433 g/mol. The Hall–Kier alpha value is -4.16. The molecule has 3 heterocycles. The molecule has 6 nitrogen and oxygen atoms in total. The van der Waals surface area contributed by atoms with Gasteiger partial charge in [0, 0.05) is 30.6 Å². The van der Waals surface area contributed by atoms with Crippen molar-refractivity contribution >= 4 is 17.3 Å². The molecular formula is C27H23N5O. The summed E-state index contributed by atoms with van der Waals surface area (Å²) in [4.78, 5) is 26.1. The first-order valence-electron chi connectivity index (χ1n) is 10.8. The molecule has 0 fully saturated rings. The largest absolute Gasteiger partial charge is 0.337 e. The molecule has 0 saturated carbocycles. The number of aromatic amines is 1. The van der Waals surface area contributed by atoms with E-state index < -0.39 is 0 Å². The van der Waals surface area contributed by atoms with Crippen molar-refractivity contribution in [2.24, 2.45) is 0 Å². The van der Waals surface area contributed by atoms with Gasteiger partial charge in [-0.3, -0.25) is 9.97 Å². The number of carbonyl (C=O) groups excluding carboxylic acids is 1. The number of H-pyrrole nitrogens is 1. The van der Waals surface area contributed by atoms with Gasteiger partial charge in [0.25, 0.3) is 0 Å². The average Bonchev–Trinajstić information content (AvgIpc) is 3.44. The third-order valence-electron chi connectivity index (χ3n) is 5.82. The third kappa shape index (κ3) is 3.92. The number of nitrogens with zero attached hydrogens (tertiary/aromatic N) is 3. The molecule has 2 aromatic carbocycles. The molecule has 6 rings (SSSR count). The standard InChI is InChI=1S/C20H16N4.C7H7NO/c1-21-19-13-6-3-2-5-12(13)18-14(19)7-4-8-15(18)20-23-16-9-10-22-11-17(16)24-20;9-5-3-7-2-1-4-8-6-7/h2-11,19,21H,1H3,(H,23,24);1-2,4-6H,3H2. The molecule has 1 atom stereocenters. The van der Waals surface area contributed by atoms with E-state index in [1.165, 1.54) is 22.3 Å². The Morgan fingerprint density at radius 2 is 1.73 bits per heavy atom. The van der Waals surface area contributed by atoms with Gasteiger partial charge in [-0.25, -0.2) is 4.98 Å². The number of aldehydes is 1. The number of imidazole rings is 1. The number of aromatic nitrogens is 4. The molecule has 5 aromatic rings. The van der Waals surface area contributed by atoms with Gasteiger partial charge in [0.1, 0.15) is 12.1 Å². The van der Waals surface area contributed by atoms with Crippen LogP contribution in [-0.2, 0) is 11.2 Å². The van der Waals surface area contributed by atoms with Crippen LogP contribution >= 0.6 is 0 Å². The third-order valence-corrected chi connectivity index (χ3v) is 5.82. The Labute approximate surface area is 191 Å². The van der Waals surface area contributed by atoms with Gasteiger partial charge in [0.15, 0.2) is 0 Å². The quantitative estimate of drug-likeness (QED) is 0.400. The van der Waals surface area contributed by atoms with Gasteiger partial charge >= 0.3 is 0 Å². The van der Waals surface area contributed by atoms with Crippen molar-refractivity contribution in [2.75, 3.05) is 7.05 Å². The molecule has 6 heteroatoms. The van der Waals surface area contributed by atoms with E-state index in [2.05, 4.69) is 62.7 Å². The van der Waals surface area contributed by atoms with E-state index in [-0.39, 0.29) is 6.04 Å². The van der Waals surface area contributed by atoms with Gasteiger partial charge in [0.05, 0.1) is 23.3 Å². The molecule has 162 valence electrons. The molecule has 0 aliphatic heterocycles. The van der Waals surface area contributed by atoms with Gasteiger partial charge < -0.3 is 15.1 Å². The van der Waals surface area contributed by atoms with E-state index in [1.807, 2.05) is 31.4 Å². The van der Waals surface area contributed by atoms with Crippen LogP contribution in [0.4, 0.5) is 0 Å². The van der Waals surface area contributed by atoms with Gasteiger partial charge in [-0.15, -0.1) is 0 Å². The Kier molecular flexibility index (Phi) is 5.74. The van der Waals surface area contributed by atoms with Gasteiger partial charge in [-0.2, -0.15) is 0 Å². The van der Waals surface area contributed by atoms with Crippen molar-refractivity contribution < 1.29 is 4.79 Å². The highest BCUT2D eigenvalue weighted by Crippen LogP contribution is 2.47. The zero-order valence-corrected chi connectivity index (χ0v) is 18.2. The maximum Gasteiger partial charge on any atom is 0.139 e. The lowest BCUT2D eigenvalue weighted by molar-refractivity contribution is -0.107. The second kappa shape index (κ2) is 9.14. The number of rotatable bonds is 4. The lowest BCUT2D eigenvalue weighted by Gasteiger charge is -2.12. The number of carbonyl (C=O) groups is 1. The van der Waals surface area contributed by atoms with E-state index in [1.54, 1.807) is 18.6 Å². The first kappa shape index (κ1) is 20.7. The lowest BCUT2D eigenvalue weighted by Crippen LogP contribution is -2.14. The summed E-state index contributed by atoms with van der Waals surface area (Å²) in [5.74, 6) is 0.890. The normalized spacial score (nSPS) is 13.7. The van der Waals surface area contributed by atoms with E-state index in [9.17, 15) is 4.79 Å². The molecule has 0 spiro atoms. The van der Waals surface area contributed by atoms with Crippen molar-refractivity contribution in [1.29, 1.82) is 0 Å². The van der Waals surface area contributed by atoms with Crippen LogP contribution in [0.1, 0.15) is 22.7 Å². The molecule has 1 aliphatic carbocycles. The Bertz CT molecular complexity index is 1380. The zero-order chi connectivity index (χ0) is 22.6. The fraction of sp³-hybridized carbons (Fsp3) is 0.111. The highest BCUT2D eigenvalue weighted by Gasteiger charge is 2.29. The van der Waals surface area contributed by atoms with Crippen molar-refractivity contribution in [2.45, 2.75) is 12.5 Å². The van der Waals surface area contributed by atoms with E-state index in [0.29, 0.717) is 6.42 Å². The minimum absolute atomic E-state index is 0.224. The highest BCUT2D eigenvalue weighted by molar-refractivity contribution is 5.91. The average molecular weight is 434 g/mol. The summed E-state index contributed by atoms with van der Waals surface area (Å²) in [5, 5.41) is 3.44. The molecule has 33 heavy (non-hydrogen) atoms. The summed E-state index contributed by atoms with van der Waals surface area (Å²) in [7, 11) is 2.01. The van der Waals surface area contributed by atoms with Crippen molar-refractivity contribution in [3.05, 3.63) is 102 Å². The van der Waals surface area contributed by atoms with Gasteiger partial charge in [0.2, 0.25) is 0 Å². The molecular weight excluding hydrogens is 410 g/mol. The first-order valence-corrected chi connectivity index (χ1v) is 10.8. The number of hydrogen-bond donors (Lipinski definition) is 2.